The van der Waals surface area contributed by atoms with Crippen LogP contribution in [0.1, 0.15) is 18.4 Å². The first-order chi connectivity index (χ1) is 12.6. The molecule has 26 heavy (non-hydrogen) atoms. The van der Waals surface area contributed by atoms with E-state index in [1.54, 1.807) is 0 Å². The van der Waals surface area contributed by atoms with Crippen molar-refractivity contribution in [3.8, 4) is 11.1 Å². The molecule has 0 saturated carbocycles. The summed E-state index contributed by atoms with van der Waals surface area (Å²) in [7, 11) is 0. The van der Waals surface area contributed by atoms with E-state index in [1.807, 2.05) is 54.6 Å². The summed E-state index contributed by atoms with van der Waals surface area (Å²) >= 11 is 0. The number of carboxylic acids is 2. The zero-order valence-corrected chi connectivity index (χ0v) is 14.4. The third-order valence-corrected chi connectivity index (χ3v) is 3.88. The minimum atomic E-state index is -1.02. The van der Waals surface area contributed by atoms with Crippen molar-refractivity contribution < 1.29 is 24.5 Å². The lowest BCUT2D eigenvalue weighted by atomic mass is 10.0. The van der Waals surface area contributed by atoms with Crippen molar-refractivity contribution in [2.24, 2.45) is 0 Å². The number of ether oxygens (including phenoxy) is 1. The first-order valence-electron chi connectivity index (χ1n) is 8.42. The third-order valence-electron chi connectivity index (χ3n) is 3.88. The van der Waals surface area contributed by atoms with Crippen molar-refractivity contribution in [2.75, 3.05) is 6.61 Å². The van der Waals surface area contributed by atoms with Gasteiger partial charge in [0.2, 0.25) is 0 Å². The summed E-state index contributed by atoms with van der Waals surface area (Å²) in [5.74, 6) is -1.95. The van der Waals surface area contributed by atoms with Crippen LogP contribution >= 0.6 is 0 Å². The minimum Gasteiger partial charge on any atom is -0.481 e. The highest BCUT2D eigenvalue weighted by atomic mass is 16.5. The predicted molar refractivity (Wildman–Crippen MR) is 99.0 cm³/mol. The summed E-state index contributed by atoms with van der Waals surface area (Å²) in [6.07, 6.45) is 2.90. The molecule has 2 rings (SSSR count). The molecule has 0 aliphatic rings. The zero-order chi connectivity index (χ0) is 18.8. The van der Waals surface area contributed by atoms with Crippen LogP contribution in [-0.2, 0) is 20.7 Å². The van der Waals surface area contributed by atoms with E-state index in [0.29, 0.717) is 12.8 Å². The number of hydrogen-bond donors (Lipinski definition) is 2. The molecule has 2 aromatic rings. The molecule has 0 saturated heterocycles. The van der Waals surface area contributed by atoms with Gasteiger partial charge < -0.3 is 14.9 Å². The molecule has 5 nitrogen and oxygen atoms in total. The maximum atomic E-state index is 11.3. The van der Waals surface area contributed by atoms with Gasteiger partial charge in [-0.2, -0.15) is 0 Å². The standard InChI is InChI=1S/C21H22O5/c22-20(23)8-4-5-15-26-19(21(24)25)14-11-16-9-12-18(13-10-16)17-6-2-1-3-7-17/h1-7,9-10,12-13,19H,8,11,14-15H2,(H,22,23)(H,24,25). The number of benzene rings is 2. The van der Waals surface area contributed by atoms with Gasteiger partial charge in [-0.1, -0.05) is 66.7 Å². The fraction of sp³-hybridized carbons (Fsp3) is 0.238. The molecule has 2 aromatic carbocycles. The molecule has 0 aromatic heterocycles. The highest BCUT2D eigenvalue weighted by Crippen LogP contribution is 2.20. The maximum Gasteiger partial charge on any atom is 0.332 e. The fourth-order valence-corrected chi connectivity index (χ4v) is 2.49. The second-order valence-electron chi connectivity index (χ2n) is 5.83. The first-order valence-corrected chi connectivity index (χ1v) is 8.42. The molecule has 5 heteroatoms. The van der Waals surface area contributed by atoms with Gasteiger partial charge in [0.1, 0.15) is 0 Å². The van der Waals surface area contributed by atoms with Crippen molar-refractivity contribution >= 4 is 11.9 Å². The van der Waals surface area contributed by atoms with Crippen LogP contribution in [0, 0.1) is 0 Å². The number of carbonyl (C=O) groups is 2. The highest BCUT2D eigenvalue weighted by molar-refractivity contribution is 5.72. The van der Waals surface area contributed by atoms with E-state index in [2.05, 4.69) is 0 Å². The van der Waals surface area contributed by atoms with E-state index < -0.39 is 18.0 Å². The molecular weight excluding hydrogens is 332 g/mol. The van der Waals surface area contributed by atoms with Crippen molar-refractivity contribution in [2.45, 2.75) is 25.4 Å². The SMILES string of the molecule is O=C(O)CC=CCOC(CCc1ccc(-c2ccccc2)cc1)C(=O)O. The Labute approximate surface area is 152 Å². The van der Waals surface area contributed by atoms with Crippen LogP contribution in [0.5, 0.6) is 0 Å². The van der Waals surface area contributed by atoms with Gasteiger partial charge in [0.25, 0.3) is 0 Å². The average Bonchev–Trinajstić information content (AvgIpc) is 2.64. The topological polar surface area (TPSA) is 83.8 Å². The van der Waals surface area contributed by atoms with Crippen LogP contribution < -0.4 is 0 Å². The largest absolute Gasteiger partial charge is 0.481 e. The molecule has 0 spiro atoms. The second kappa shape index (κ2) is 10.2. The fourth-order valence-electron chi connectivity index (χ4n) is 2.49. The Kier molecular flexibility index (Phi) is 7.58. The number of aliphatic carboxylic acids is 2. The zero-order valence-electron chi connectivity index (χ0n) is 14.4. The van der Waals surface area contributed by atoms with E-state index in [1.165, 1.54) is 12.2 Å². The predicted octanol–water partition coefficient (Wildman–Crippen LogP) is 3.79. The first kappa shape index (κ1) is 19.4. The molecular formula is C21H22O5. The van der Waals surface area contributed by atoms with Gasteiger partial charge in [0.15, 0.2) is 6.10 Å². The quantitative estimate of drug-likeness (QED) is 0.634. The Morgan fingerprint density at radius 1 is 0.923 bits per heavy atom. The second-order valence-corrected chi connectivity index (χ2v) is 5.83. The lowest BCUT2D eigenvalue weighted by molar-refractivity contribution is -0.150. The van der Waals surface area contributed by atoms with Crippen molar-refractivity contribution in [3.05, 3.63) is 72.3 Å². The maximum absolute atomic E-state index is 11.3. The Morgan fingerprint density at radius 3 is 2.19 bits per heavy atom. The van der Waals surface area contributed by atoms with E-state index in [-0.39, 0.29) is 13.0 Å². The normalized spacial score (nSPS) is 12.2. The molecule has 0 aliphatic heterocycles. The van der Waals surface area contributed by atoms with Gasteiger partial charge in [-0.05, 0) is 29.5 Å². The van der Waals surface area contributed by atoms with E-state index in [4.69, 9.17) is 9.84 Å². The van der Waals surface area contributed by atoms with Gasteiger partial charge in [0, 0.05) is 0 Å². The Morgan fingerprint density at radius 2 is 1.58 bits per heavy atom. The Hall–Kier alpha value is -2.92. The summed E-state index contributed by atoms with van der Waals surface area (Å²) in [5.41, 5.74) is 3.30. The molecule has 0 heterocycles. The third kappa shape index (κ3) is 6.53. The molecule has 0 fully saturated rings. The van der Waals surface area contributed by atoms with Gasteiger partial charge in [-0.3, -0.25) is 4.79 Å². The highest BCUT2D eigenvalue weighted by Gasteiger charge is 2.17. The van der Waals surface area contributed by atoms with Crippen LogP contribution in [0.15, 0.2) is 66.7 Å². The van der Waals surface area contributed by atoms with E-state index >= 15 is 0 Å². The molecule has 1 atom stereocenters. The Bertz CT molecular complexity index is 735. The monoisotopic (exact) mass is 354 g/mol. The molecule has 0 radical (unpaired) electrons. The van der Waals surface area contributed by atoms with Gasteiger partial charge >= 0.3 is 11.9 Å². The number of hydrogen-bond acceptors (Lipinski definition) is 3. The smallest absolute Gasteiger partial charge is 0.332 e. The molecule has 0 aliphatic carbocycles. The summed E-state index contributed by atoms with van der Waals surface area (Å²) in [6, 6.07) is 18.1. The van der Waals surface area contributed by atoms with Crippen LogP contribution in [-0.4, -0.2) is 34.9 Å². The summed E-state index contributed by atoms with van der Waals surface area (Å²) in [6.45, 7) is 0.0805. The van der Waals surface area contributed by atoms with Crippen molar-refractivity contribution in [1.29, 1.82) is 0 Å². The lowest BCUT2D eigenvalue weighted by Gasteiger charge is -2.12. The van der Waals surface area contributed by atoms with Crippen LogP contribution in [0.2, 0.25) is 0 Å². The number of rotatable bonds is 10. The van der Waals surface area contributed by atoms with Crippen LogP contribution in [0.4, 0.5) is 0 Å². The van der Waals surface area contributed by atoms with E-state index in [9.17, 15) is 14.7 Å². The van der Waals surface area contributed by atoms with Crippen molar-refractivity contribution in [3.63, 3.8) is 0 Å². The van der Waals surface area contributed by atoms with Gasteiger partial charge in [-0.15, -0.1) is 0 Å². The summed E-state index contributed by atoms with van der Waals surface area (Å²) in [5, 5.41) is 17.8. The summed E-state index contributed by atoms with van der Waals surface area (Å²) in [4.78, 5) is 21.7. The number of carboxylic acid groups (broad SMARTS) is 2. The van der Waals surface area contributed by atoms with Crippen LogP contribution in [0.3, 0.4) is 0 Å². The van der Waals surface area contributed by atoms with Crippen LogP contribution in [0.25, 0.3) is 11.1 Å². The van der Waals surface area contributed by atoms with E-state index in [0.717, 1.165) is 16.7 Å². The molecule has 1 unspecified atom stereocenters. The average molecular weight is 354 g/mol. The molecule has 2 N–H and O–H groups in total. The van der Waals surface area contributed by atoms with Crippen molar-refractivity contribution in [1.82, 2.24) is 0 Å². The number of aryl methyl sites for hydroxylation is 1. The van der Waals surface area contributed by atoms with Gasteiger partial charge in [-0.25, -0.2) is 4.79 Å². The lowest BCUT2D eigenvalue weighted by Crippen LogP contribution is -2.24. The minimum absolute atomic E-state index is 0.0805. The van der Waals surface area contributed by atoms with Gasteiger partial charge in [0.05, 0.1) is 13.0 Å². The molecule has 0 amide bonds. The molecule has 0 bridgehead atoms. The molecule has 136 valence electrons. The Balaban J connectivity index is 1.85. The summed E-state index contributed by atoms with van der Waals surface area (Å²) < 4.78 is 5.32.